The van der Waals surface area contributed by atoms with Crippen molar-refractivity contribution in [2.45, 2.75) is 26.8 Å². The van der Waals surface area contributed by atoms with Crippen LogP contribution in [0.3, 0.4) is 0 Å². The first kappa shape index (κ1) is 10.7. The monoisotopic (exact) mass is 221 g/mol. The minimum Gasteiger partial charge on any atom is -0.232 e. The summed E-state index contributed by atoms with van der Waals surface area (Å²) in [4.78, 5) is 0. The topological polar surface area (TPSA) is 85.2 Å². The van der Waals surface area contributed by atoms with E-state index in [2.05, 4.69) is 44.8 Å². The second kappa shape index (κ2) is 4.82. The van der Waals surface area contributed by atoms with Crippen LogP contribution in [0.2, 0.25) is 0 Å². The zero-order chi connectivity index (χ0) is 11.4. The molecule has 7 heteroatoms. The van der Waals surface area contributed by atoms with E-state index in [-0.39, 0.29) is 0 Å². The molecule has 0 saturated heterocycles. The van der Waals surface area contributed by atoms with E-state index < -0.39 is 0 Å². The Labute approximate surface area is 93.2 Å². The lowest BCUT2D eigenvalue weighted by Crippen LogP contribution is -2.19. The Balaban J connectivity index is 2.00. The van der Waals surface area contributed by atoms with Crippen molar-refractivity contribution < 1.29 is 0 Å². The smallest absolute Gasteiger partial charge is 0.138 e. The number of hydrogen-bond donors (Lipinski definition) is 1. The largest absolute Gasteiger partial charge is 0.232 e. The molecule has 0 bridgehead atoms. The van der Waals surface area contributed by atoms with Crippen LogP contribution in [0.25, 0.3) is 0 Å². The van der Waals surface area contributed by atoms with Gasteiger partial charge in [-0.3, -0.25) is 0 Å². The zero-order valence-electron chi connectivity index (χ0n) is 9.41. The number of aromatic nitrogens is 7. The molecule has 2 aromatic heterocycles. The van der Waals surface area contributed by atoms with Crippen LogP contribution in [0.4, 0.5) is 0 Å². The number of tetrazole rings is 1. The lowest BCUT2D eigenvalue weighted by atomic mass is 9.91. The molecule has 0 amide bonds. The third-order valence-corrected chi connectivity index (χ3v) is 2.69. The van der Waals surface area contributed by atoms with E-state index in [9.17, 15) is 0 Å². The van der Waals surface area contributed by atoms with Gasteiger partial charge in [-0.2, -0.15) is 15.4 Å². The predicted octanol–water partition coefficient (Wildman–Crippen LogP) is 0.306. The quantitative estimate of drug-likeness (QED) is 0.785. The van der Waals surface area contributed by atoms with Gasteiger partial charge in [-0.05, 0) is 28.7 Å². The van der Waals surface area contributed by atoms with E-state index in [0.717, 1.165) is 18.7 Å². The fraction of sp³-hybridized carbons (Fsp3) is 0.667. The standard InChI is InChI=1S/C9H15N7/c1-7(2)8(3-9-4-10-13-12-9)5-16-6-11-14-15-16/h4,6-8H,3,5H2,1-2H3,(H,10,12,13). The van der Waals surface area contributed by atoms with Crippen LogP contribution >= 0.6 is 0 Å². The number of H-pyrrole nitrogens is 1. The van der Waals surface area contributed by atoms with Crippen molar-refractivity contribution in [3.63, 3.8) is 0 Å². The molecule has 0 aliphatic rings. The molecule has 1 atom stereocenters. The van der Waals surface area contributed by atoms with Crippen molar-refractivity contribution in [3.8, 4) is 0 Å². The molecule has 86 valence electrons. The highest BCUT2D eigenvalue weighted by molar-refractivity contribution is 4.93. The Hall–Kier alpha value is -1.79. The number of aromatic amines is 1. The average Bonchev–Trinajstić information content (AvgIpc) is 2.88. The Morgan fingerprint density at radius 1 is 1.44 bits per heavy atom. The second-order valence-electron chi connectivity index (χ2n) is 4.20. The molecule has 0 spiro atoms. The van der Waals surface area contributed by atoms with Gasteiger partial charge < -0.3 is 0 Å². The van der Waals surface area contributed by atoms with Crippen LogP contribution in [0.1, 0.15) is 19.5 Å². The van der Waals surface area contributed by atoms with E-state index in [4.69, 9.17) is 0 Å². The number of hydrogen-bond acceptors (Lipinski definition) is 5. The van der Waals surface area contributed by atoms with Crippen LogP contribution < -0.4 is 0 Å². The van der Waals surface area contributed by atoms with Crippen LogP contribution in [-0.2, 0) is 13.0 Å². The normalized spacial score (nSPS) is 13.2. The first-order chi connectivity index (χ1) is 7.75. The van der Waals surface area contributed by atoms with Gasteiger partial charge in [0.05, 0.1) is 11.9 Å². The highest BCUT2D eigenvalue weighted by Crippen LogP contribution is 2.17. The van der Waals surface area contributed by atoms with Crippen molar-refractivity contribution >= 4 is 0 Å². The Kier molecular flexibility index (Phi) is 3.23. The highest BCUT2D eigenvalue weighted by Gasteiger charge is 2.16. The summed E-state index contributed by atoms with van der Waals surface area (Å²) in [5.41, 5.74) is 0.978. The van der Waals surface area contributed by atoms with Gasteiger partial charge in [0.25, 0.3) is 0 Å². The Morgan fingerprint density at radius 3 is 2.88 bits per heavy atom. The van der Waals surface area contributed by atoms with Crippen molar-refractivity contribution in [2.75, 3.05) is 0 Å². The molecule has 2 heterocycles. The molecule has 0 fully saturated rings. The molecular formula is C9H15N7. The van der Waals surface area contributed by atoms with Gasteiger partial charge in [-0.1, -0.05) is 13.8 Å². The SMILES string of the molecule is CC(C)C(Cc1cn[nH]n1)Cn1cnnn1. The van der Waals surface area contributed by atoms with E-state index in [1.165, 1.54) is 0 Å². The minimum absolute atomic E-state index is 0.452. The molecule has 2 aromatic rings. The maximum absolute atomic E-state index is 4.07. The molecule has 0 aliphatic heterocycles. The number of nitrogens with zero attached hydrogens (tertiary/aromatic N) is 6. The van der Waals surface area contributed by atoms with E-state index in [1.54, 1.807) is 17.2 Å². The van der Waals surface area contributed by atoms with Gasteiger partial charge in [-0.25, -0.2) is 4.68 Å². The van der Waals surface area contributed by atoms with Crippen molar-refractivity contribution in [3.05, 3.63) is 18.2 Å². The van der Waals surface area contributed by atoms with Gasteiger partial charge in [0.1, 0.15) is 6.33 Å². The van der Waals surface area contributed by atoms with E-state index in [1.807, 2.05) is 0 Å². The summed E-state index contributed by atoms with van der Waals surface area (Å²) < 4.78 is 1.75. The molecule has 7 nitrogen and oxygen atoms in total. The lowest BCUT2D eigenvalue weighted by molar-refractivity contribution is 0.313. The second-order valence-corrected chi connectivity index (χ2v) is 4.20. The van der Waals surface area contributed by atoms with Gasteiger partial charge in [-0.15, -0.1) is 5.10 Å². The van der Waals surface area contributed by atoms with Crippen molar-refractivity contribution in [2.24, 2.45) is 11.8 Å². The van der Waals surface area contributed by atoms with Gasteiger partial charge in [0.2, 0.25) is 0 Å². The molecular weight excluding hydrogens is 206 g/mol. The molecule has 0 saturated carbocycles. The fourth-order valence-corrected chi connectivity index (χ4v) is 1.61. The fourth-order valence-electron chi connectivity index (χ4n) is 1.61. The van der Waals surface area contributed by atoms with Gasteiger partial charge in [0.15, 0.2) is 0 Å². The summed E-state index contributed by atoms with van der Waals surface area (Å²) in [6, 6.07) is 0. The van der Waals surface area contributed by atoms with Crippen molar-refractivity contribution in [1.82, 2.24) is 35.6 Å². The summed E-state index contributed by atoms with van der Waals surface area (Å²) in [7, 11) is 0. The van der Waals surface area contributed by atoms with Crippen LogP contribution in [0.5, 0.6) is 0 Å². The van der Waals surface area contributed by atoms with E-state index >= 15 is 0 Å². The minimum atomic E-state index is 0.452. The van der Waals surface area contributed by atoms with Crippen LogP contribution in [0.15, 0.2) is 12.5 Å². The molecule has 1 N–H and O–H groups in total. The number of nitrogens with one attached hydrogen (secondary N) is 1. The van der Waals surface area contributed by atoms with Crippen LogP contribution in [0, 0.1) is 11.8 Å². The van der Waals surface area contributed by atoms with E-state index in [0.29, 0.717) is 11.8 Å². The molecule has 0 aromatic carbocycles. The molecule has 0 radical (unpaired) electrons. The third kappa shape index (κ3) is 2.62. The maximum Gasteiger partial charge on any atom is 0.138 e. The molecule has 2 rings (SSSR count). The van der Waals surface area contributed by atoms with Crippen molar-refractivity contribution in [1.29, 1.82) is 0 Å². The Morgan fingerprint density at radius 2 is 2.31 bits per heavy atom. The molecule has 1 unspecified atom stereocenters. The first-order valence-corrected chi connectivity index (χ1v) is 5.31. The average molecular weight is 221 g/mol. The summed E-state index contributed by atoms with van der Waals surface area (Å²) in [6.07, 6.45) is 4.28. The predicted molar refractivity (Wildman–Crippen MR) is 56.2 cm³/mol. The summed E-state index contributed by atoms with van der Waals surface area (Å²) >= 11 is 0. The first-order valence-electron chi connectivity index (χ1n) is 5.31. The highest BCUT2D eigenvalue weighted by atomic mass is 15.5. The lowest BCUT2D eigenvalue weighted by Gasteiger charge is -2.18. The molecule has 0 aliphatic carbocycles. The third-order valence-electron chi connectivity index (χ3n) is 2.69. The maximum atomic E-state index is 4.07. The zero-order valence-corrected chi connectivity index (χ0v) is 9.41. The summed E-state index contributed by atoms with van der Waals surface area (Å²) in [6.45, 7) is 5.18. The Bertz CT molecular complexity index is 355. The summed E-state index contributed by atoms with van der Waals surface area (Å²) in [5.74, 6) is 0.995. The van der Waals surface area contributed by atoms with Gasteiger partial charge in [0, 0.05) is 6.54 Å². The van der Waals surface area contributed by atoms with Gasteiger partial charge >= 0.3 is 0 Å². The summed E-state index contributed by atoms with van der Waals surface area (Å²) in [5, 5.41) is 21.6. The van der Waals surface area contributed by atoms with Crippen LogP contribution in [-0.4, -0.2) is 35.6 Å². The number of rotatable bonds is 5. The molecule has 16 heavy (non-hydrogen) atoms.